The van der Waals surface area contributed by atoms with Gasteiger partial charge in [-0.2, -0.15) is 0 Å². The van der Waals surface area contributed by atoms with E-state index in [1.165, 1.54) is 0 Å². The molecule has 2 aliphatic heterocycles. The predicted molar refractivity (Wildman–Crippen MR) is 102 cm³/mol. The quantitative estimate of drug-likeness (QED) is 0.730. The monoisotopic (exact) mass is 399 g/mol. The summed E-state index contributed by atoms with van der Waals surface area (Å²) in [4.78, 5) is 34.7. The third-order valence-corrected chi connectivity index (χ3v) is 8.01. The van der Waals surface area contributed by atoms with Gasteiger partial charge >= 0.3 is 7.60 Å². The molecule has 1 unspecified atom stereocenters. The molecule has 0 aromatic heterocycles. The third-order valence-electron chi connectivity index (χ3n) is 6.54. The highest BCUT2D eigenvalue weighted by atomic mass is 35.5. The Morgan fingerprint density at radius 3 is 2.35 bits per heavy atom. The van der Waals surface area contributed by atoms with Crippen molar-refractivity contribution in [2.45, 2.75) is 70.1 Å². The number of amides is 1. The van der Waals surface area contributed by atoms with Crippen molar-refractivity contribution in [3.8, 4) is 0 Å². The zero-order valence-electron chi connectivity index (χ0n) is 15.3. The fourth-order valence-corrected chi connectivity index (χ4v) is 6.12. The van der Waals surface area contributed by atoms with E-state index in [-0.39, 0.29) is 29.8 Å². The van der Waals surface area contributed by atoms with Crippen molar-refractivity contribution in [3.63, 3.8) is 0 Å². The highest BCUT2D eigenvalue weighted by Gasteiger charge is 2.56. The molecule has 7 heteroatoms. The average Bonchev–Trinajstić information content (AvgIpc) is 2.62. The molecule has 2 aliphatic rings. The van der Waals surface area contributed by atoms with Gasteiger partial charge in [0.15, 0.2) is 0 Å². The molecule has 26 heavy (non-hydrogen) atoms. The molecule has 1 amide bonds. The van der Waals surface area contributed by atoms with E-state index in [2.05, 4.69) is 13.8 Å². The van der Waals surface area contributed by atoms with Gasteiger partial charge in [0, 0.05) is 11.1 Å². The van der Waals surface area contributed by atoms with E-state index in [9.17, 15) is 19.1 Å². The Morgan fingerprint density at radius 1 is 1.19 bits per heavy atom. The number of benzene rings is 1. The molecule has 1 aromatic rings. The van der Waals surface area contributed by atoms with Gasteiger partial charge in [-0.25, -0.2) is 0 Å². The first-order valence-corrected chi connectivity index (χ1v) is 11.4. The zero-order valence-corrected chi connectivity index (χ0v) is 16.9. The summed E-state index contributed by atoms with van der Waals surface area (Å²) < 4.78 is 12.1. The van der Waals surface area contributed by atoms with Crippen LogP contribution in [0.5, 0.6) is 0 Å². The van der Waals surface area contributed by atoms with Crippen molar-refractivity contribution in [1.29, 1.82) is 0 Å². The molecule has 1 aromatic carbocycles. The van der Waals surface area contributed by atoms with Gasteiger partial charge in [-0.15, -0.1) is 0 Å². The van der Waals surface area contributed by atoms with Crippen molar-refractivity contribution in [3.05, 3.63) is 34.9 Å². The maximum absolute atomic E-state index is 13.2. The van der Waals surface area contributed by atoms with E-state index in [1.54, 1.807) is 0 Å². The minimum absolute atomic E-state index is 0.0298. The summed E-state index contributed by atoms with van der Waals surface area (Å²) in [7, 11) is -4.51. The maximum Gasteiger partial charge on any atom is 0.337 e. The van der Waals surface area contributed by atoms with E-state index in [1.807, 2.05) is 29.2 Å². The van der Waals surface area contributed by atoms with Gasteiger partial charge in [-0.05, 0) is 61.6 Å². The topological polar surface area (TPSA) is 77.8 Å². The van der Waals surface area contributed by atoms with Gasteiger partial charge in [0.05, 0.1) is 6.04 Å². The highest BCUT2D eigenvalue weighted by molar-refractivity contribution is 7.53. The van der Waals surface area contributed by atoms with Crippen molar-refractivity contribution in [1.82, 2.24) is 4.90 Å². The van der Waals surface area contributed by atoms with Crippen molar-refractivity contribution in [2.75, 3.05) is 0 Å². The average molecular weight is 400 g/mol. The molecule has 2 fully saturated rings. The zero-order chi connectivity index (χ0) is 19.1. The van der Waals surface area contributed by atoms with Gasteiger partial charge in [-0.1, -0.05) is 37.6 Å². The second kappa shape index (κ2) is 7.27. The smallest absolute Gasteiger partial charge is 0.331 e. The van der Waals surface area contributed by atoms with Gasteiger partial charge in [-0.3, -0.25) is 9.36 Å². The van der Waals surface area contributed by atoms with Crippen LogP contribution < -0.4 is 0 Å². The Hall–Kier alpha value is -0.870. The number of halogens is 1. The lowest BCUT2D eigenvalue weighted by Gasteiger charge is -2.56. The fourth-order valence-electron chi connectivity index (χ4n) is 4.97. The standard InChI is InChI=1S/C19H27ClNO4P/c1-3-19(4-2)12-16(26(23,24)25)18(22)21-15(6-5-7-17(19)21)13-8-10-14(20)11-9-13/h8-11,15-17H,3-7,12H2,1-2H3,(H2,23,24,25)/t15-,16?,17+/m0/s1. The lowest BCUT2D eigenvalue weighted by molar-refractivity contribution is -0.152. The third kappa shape index (κ3) is 3.35. The molecular weight excluding hydrogens is 373 g/mol. The second-order valence-electron chi connectivity index (χ2n) is 7.64. The number of carbonyl (C=O) groups excluding carboxylic acids is 1. The first-order chi connectivity index (χ1) is 12.2. The fraction of sp³-hybridized carbons (Fsp3) is 0.632. The van der Waals surface area contributed by atoms with E-state index < -0.39 is 13.3 Å². The Bertz CT molecular complexity index is 713. The van der Waals surface area contributed by atoms with Crippen LogP contribution in [0.1, 0.15) is 64.0 Å². The molecule has 144 valence electrons. The van der Waals surface area contributed by atoms with Gasteiger partial charge in [0.25, 0.3) is 0 Å². The van der Waals surface area contributed by atoms with Crippen LogP contribution in [0, 0.1) is 5.41 Å². The maximum atomic E-state index is 13.2. The normalized spacial score (nSPS) is 28.7. The Balaban J connectivity index is 2.07. The Labute approximate surface area is 159 Å². The van der Waals surface area contributed by atoms with Gasteiger partial charge in [0.2, 0.25) is 5.91 Å². The van der Waals surface area contributed by atoms with E-state index in [4.69, 9.17) is 11.6 Å². The second-order valence-corrected chi connectivity index (χ2v) is 9.88. The largest absolute Gasteiger partial charge is 0.337 e. The van der Waals surface area contributed by atoms with Gasteiger partial charge < -0.3 is 14.7 Å². The molecule has 2 N–H and O–H groups in total. The summed E-state index contributed by atoms with van der Waals surface area (Å²) in [5.74, 6) is -0.388. The molecule has 2 heterocycles. The molecule has 3 atom stereocenters. The summed E-state index contributed by atoms with van der Waals surface area (Å²) in [6.07, 6.45) is 4.60. The molecule has 0 bridgehead atoms. The summed E-state index contributed by atoms with van der Waals surface area (Å²) in [5, 5.41) is 0.635. The number of piperidine rings is 2. The first-order valence-electron chi connectivity index (χ1n) is 9.36. The van der Waals surface area contributed by atoms with Crippen LogP contribution in [0.2, 0.25) is 5.02 Å². The molecule has 5 nitrogen and oxygen atoms in total. The summed E-state index contributed by atoms with van der Waals surface area (Å²) in [5.41, 5.74) is -0.489. The number of fused-ring (bicyclic) bond motifs is 1. The number of carbonyl (C=O) groups is 1. The molecule has 3 rings (SSSR count). The Morgan fingerprint density at radius 2 is 1.81 bits per heavy atom. The summed E-state index contributed by atoms with van der Waals surface area (Å²) in [6.45, 7) is 4.14. The van der Waals surface area contributed by atoms with Crippen LogP contribution in [0.25, 0.3) is 0 Å². The van der Waals surface area contributed by atoms with Crippen LogP contribution >= 0.6 is 19.2 Å². The molecular formula is C19H27ClNO4P. The van der Waals surface area contributed by atoms with Crippen molar-refractivity contribution >= 4 is 25.1 Å². The lowest BCUT2D eigenvalue weighted by Crippen LogP contribution is -2.61. The molecule has 0 aliphatic carbocycles. The number of hydrogen-bond acceptors (Lipinski definition) is 2. The predicted octanol–water partition coefficient (Wildman–Crippen LogP) is 4.52. The molecule has 0 saturated carbocycles. The van der Waals surface area contributed by atoms with E-state index >= 15 is 0 Å². The molecule has 2 saturated heterocycles. The van der Waals surface area contributed by atoms with Crippen LogP contribution in [-0.2, 0) is 9.36 Å². The van der Waals surface area contributed by atoms with E-state index in [0.717, 1.165) is 37.7 Å². The number of hydrogen-bond donors (Lipinski definition) is 2. The van der Waals surface area contributed by atoms with Crippen LogP contribution in [-0.4, -0.2) is 32.3 Å². The molecule has 0 spiro atoms. The lowest BCUT2D eigenvalue weighted by atomic mass is 9.65. The van der Waals surface area contributed by atoms with Crippen molar-refractivity contribution in [2.24, 2.45) is 5.41 Å². The minimum atomic E-state index is -4.51. The van der Waals surface area contributed by atoms with E-state index in [0.29, 0.717) is 5.02 Å². The van der Waals surface area contributed by atoms with Crippen molar-refractivity contribution < 1.29 is 19.1 Å². The SMILES string of the molecule is CCC1(CC)CC(P(=O)(O)O)C(=O)N2[C@H](c3ccc(Cl)cc3)CCC[C@@H]21. The van der Waals surface area contributed by atoms with Gasteiger partial charge in [0.1, 0.15) is 5.66 Å². The summed E-state index contributed by atoms with van der Waals surface area (Å²) in [6, 6.07) is 7.34. The van der Waals surface area contributed by atoms with Crippen LogP contribution in [0.15, 0.2) is 24.3 Å². The molecule has 0 radical (unpaired) electrons. The Kier molecular flexibility index (Phi) is 5.56. The number of nitrogens with zero attached hydrogens (tertiary/aromatic N) is 1. The summed E-state index contributed by atoms with van der Waals surface area (Å²) >= 11 is 6.01. The van der Waals surface area contributed by atoms with Crippen LogP contribution in [0.4, 0.5) is 0 Å². The first kappa shape index (κ1) is 19.9. The minimum Gasteiger partial charge on any atom is -0.331 e. The van der Waals surface area contributed by atoms with Crippen LogP contribution in [0.3, 0.4) is 0 Å². The number of rotatable bonds is 4. The highest BCUT2D eigenvalue weighted by Crippen LogP contribution is 2.57.